The van der Waals surface area contributed by atoms with E-state index in [1.54, 1.807) is 0 Å². The topological polar surface area (TPSA) is 237 Å². The van der Waals surface area contributed by atoms with E-state index in [-0.39, 0.29) is 25.7 Å². The molecule has 0 heterocycles. The molecule has 111 heavy (non-hydrogen) atoms. The molecule has 0 fully saturated rings. The summed E-state index contributed by atoms with van der Waals surface area (Å²) in [5, 5.41) is 10.7. The van der Waals surface area contributed by atoms with Gasteiger partial charge in [0.05, 0.1) is 26.4 Å². The Hall–Kier alpha value is -1.94. The summed E-state index contributed by atoms with van der Waals surface area (Å²) in [6.45, 7) is 14.5. The van der Waals surface area contributed by atoms with E-state index >= 15 is 0 Å². The van der Waals surface area contributed by atoms with Crippen LogP contribution in [0.5, 0.6) is 0 Å². The van der Waals surface area contributed by atoms with Gasteiger partial charge in [-0.2, -0.15) is 0 Å². The average Bonchev–Trinajstić information content (AvgIpc) is 0.899. The number of carbonyl (C=O) groups excluding carboxylic acids is 4. The van der Waals surface area contributed by atoms with Crippen molar-refractivity contribution in [2.75, 3.05) is 39.6 Å². The van der Waals surface area contributed by atoms with Crippen LogP contribution in [-0.2, 0) is 65.4 Å². The van der Waals surface area contributed by atoms with Crippen LogP contribution in [0.4, 0.5) is 0 Å². The lowest BCUT2D eigenvalue weighted by Crippen LogP contribution is -2.30. The molecule has 17 nitrogen and oxygen atoms in total. The minimum absolute atomic E-state index is 0.107. The fraction of sp³-hybridized carbons (Fsp3) is 0.957. The Bertz CT molecular complexity index is 2150. The van der Waals surface area contributed by atoms with Gasteiger partial charge in [-0.1, -0.05) is 434 Å². The molecule has 0 radical (unpaired) electrons. The van der Waals surface area contributed by atoms with Crippen molar-refractivity contribution in [1.82, 2.24) is 0 Å². The third-order valence-electron chi connectivity index (χ3n) is 22.7. The predicted octanol–water partition coefficient (Wildman–Crippen LogP) is 28.3. The number of aliphatic hydroxyl groups is 1. The Morgan fingerprint density at radius 2 is 0.432 bits per heavy atom. The van der Waals surface area contributed by atoms with Crippen LogP contribution in [0.3, 0.4) is 0 Å². The number of unbranched alkanes of at least 4 members (excludes halogenated alkanes) is 52. The second-order valence-electron chi connectivity index (χ2n) is 34.3. The van der Waals surface area contributed by atoms with E-state index < -0.39 is 97.5 Å². The van der Waals surface area contributed by atoms with Gasteiger partial charge in [-0.3, -0.25) is 37.3 Å². The van der Waals surface area contributed by atoms with E-state index in [1.807, 2.05) is 0 Å². The van der Waals surface area contributed by atoms with Crippen molar-refractivity contribution in [3.05, 3.63) is 0 Å². The maximum absolute atomic E-state index is 13.2. The summed E-state index contributed by atoms with van der Waals surface area (Å²) in [6.07, 6.45) is 72.1. The summed E-state index contributed by atoms with van der Waals surface area (Å²) >= 11 is 0. The summed E-state index contributed by atoms with van der Waals surface area (Å²) in [6, 6.07) is 0. The van der Waals surface area contributed by atoms with E-state index in [9.17, 15) is 43.2 Å². The third kappa shape index (κ3) is 81.6. The van der Waals surface area contributed by atoms with E-state index in [0.29, 0.717) is 25.7 Å². The van der Waals surface area contributed by atoms with Gasteiger partial charge < -0.3 is 33.8 Å². The zero-order valence-corrected chi connectivity index (χ0v) is 75.4. The van der Waals surface area contributed by atoms with Crippen LogP contribution in [0.15, 0.2) is 0 Å². The molecule has 0 bridgehead atoms. The molecule has 0 rings (SSSR count). The smallest absolute Gasteiger partial charge is 0.462 e. The molecule has 0 aromatic heterocycles. The normalized spacial score (nSPS) is 14.6. The second-order valence-corrected chi connectivity index (χ2v) is 37.2. The second kappa shape index (κ2) is 80.5. The number of aliphatic hydroxyl groups excluding tert-OH is 1. The number of carbonyl (C=O) groups is 4. The lowest BCUT2D eigenvalue weighted by molar-refractivity contribution is -0.161. The maximum Gasteiger partial charge on any atom is 0.472 e. The van der Waals surface area contributed by atoms with Crippen molar-refractivity contribution >= 4 is 39.5 Å². The molecule has 0 aromatic carbocycles. The van der Waals surface area contributed by atoms with Crippen LogP contribution >= 0.6 is 15.6 Å². The molecule has 0 saturated carbocycles. The molecule has 0 aliphatic heterocycles. The van der Waals surface area contributed by atoms with Crippen molar-refractivity contribution in [2.24, 2.45) is 23.7 Å². The van der Waals surface area contributed by atoms with Crippen LogP contribution in [0, 0.1) is 23.7 Å². The van der Waals surface area contributed by atoms with E-state index in [4.69, 9.17) is 37.0 Å². The SMILES string of the molecule is CCC(C)CCCCCCCCCCCCCCCCCCCCC(=O)O[C@H](COC(=O)CCCCCCCCCCCCCCCCCCC(C)C)COP(=O)(O)OC[C@@H](O)COP(=O)(O)OC[C@@H](COC(=O)CCCCCCCCCCC(C)CC)OC(=O)CCCCCCCCCCCCCCCCC(C)CC. The van der Waals surface area contributed by atoms with Crippen molar-refractivity contribution in [3.8, 4) is 0 Å². The predicted molar refractivity (Wildman–Crippen MR) is 460 cm³/mol. The first-order valence-electron chi connectivity index (χ1n) is 47.3. The highest BCUT2D eigenvalue weighted by atomic mass is 31.2. The van der Waals surface area contributed by atoms with Crippen LogP contribution in [0.25, 0.3) is 0 Å². The first kappa shape index (κ1) is 109. The summed E-state index contributed by atoms with van der Waals surface area (Å²) in [5.74, 6) is 1.21. The van der Waals surface area contributed by atoms with Crippen molar-refractivity contribution in [2.45, 2.75) is 504 Å². The molecule has 8 atom stereocenters. The lowest BCUT2D eigenvalue weighted by atomic mass is 9.99. The van der Waals surface area contributed by atoms with Crippen LogP contribution in [0.1, 0.15) is 486 Å². The monoisotopic (exact) mass is 1620 g/mol. The van der Waals surface area contributed by atoms with Gasteiger partial charge >= 0.3 is 39.5 Å². The van der Waals surface area contributed by atoms with Gasteiger partial charge in [-0.25, -0.2) is 9.13 Å². The van der Waals surface area contributed by atoms with Gasteiger partial charge in [0.1, 0.15) is 19.3 Å². The molecule has 19 heteroatoms. The van der Waals surface area contributed by atoms with Gasteiger partial charge in [-0.05, 0) is 49.4 Å². The molecular weight excluding hydrogens is 1440 g/mol. The average molecular weight is 1620 g/mol. The molecule has 660 valence electrons. The Labute approximate surface area is 683 Å². The Balaban J connectivity index is 5.26. The minimum Gasteiger partial charge on any atom is -0.462 e. The molecule has 3 N–H and O–H groups in total. The minimum atomic E-state index is -4.97. The van der Waals surface area contributed by atoms with E-state index in [0.717, 1.165) is 114 Å². The third-order valence-corrected chi connectivity index (χ3v) is 24.6. The molecule has 0 spiro atoms. The van der Waals surface area contributed by atoms with Crippen molar-refractivity contribution in [3.63, 3.8) is 0 Å². The zero-order chi connectivity index (χ0) is 81.6. The fourth-order valence-electron chi connectivity index (χ4n) is 14.3. The first-order valence-corrected chi connectivity index (χ1v) is 50.3. The quantitative estimate of drug-likeness (QED) is 0.0222. The molecule has 0 saturated heterocycles. The molecule has 5 unspecified atom stereocenters. The highest BCUT2D eigenvalue weighted by Crippen LogP contribution is 2.45. The largest absolute Gasteiger partial charge is 0.472 e. The Morgan fingerprint density at radius 3 is 0.640 bits per heavy atom. The molecular formula is C92H180O17P2. The molecule has 0 aliphatic carbocycles. The fourth-order valence-corrected chi connectivity index (χ4v) is 15.9. The highest BCUT2D eigenvalue weighted by molar-refractivity contribution is 7.47. The number of hydrogen-bond acceptors (Lipinski definition) is 15. The van der Waals surface area contributed by atoms with Gasteiger partial charge in [0.2, 0.25) is 0 Å². The van der Waals surface area contributed by atoms with Crippen LogP contribution in [0.2, 0.25) is 0 Å². The van der Waals surface area contributed by atoms with Gasteiger partial charge in [-0.15, -0.1) is 0 Å². The van der Waals surface area contributed by atoms with Gasteiger partial charge in [0.15, 0.2) is 12.2 Å². The summed E-state index contributed by atoms with van der Waals surface area (Å²) in [5.41, 5.74) is 0. The molecule has 0 aliphatic rings. The summed E-state index contributed by atoms with van der Waals surface area (Å²) in [7, 11) is -9.94. The van der Waals surface area contributed by atoms with Crippen molar-refractivity contribution < 1.29 is 80.2 Å². The van der Waals surface area contributed by atoms with Crippen molar-refractivity contribution in [1.29, 1.82) is 0 Å². The van der Waals surface area contributed by atoms with E-state index in [1.165, 1.54) is 289 Å². The summed E-state index contributed by atoms with van der Waals surface area (Å²) in [4.78, 5) is 73.5. The Morgan fingerprint density at radius 1 is 0.252 bits per heavy atom. The number of rotatable bonds is 89. The van der Waals surface area contributed by atoms with E-state index in [2.05, 4.69) is 55.4 Å². The molecule has 0 amide bonds. The van der Waals surface area contributed by atoms with Crippen LogP contribution < -0.4 is 0 Å². The zero-order valence-electron chi connectivity index (χ0n) is 73.6. The lowest BCUT2D eigenvalue weighted by Gasteiger charge is -2.21. The number of hydrogen-bond donors (Lipinski definition) is 3. The number of phosphoric ester groups is 2. The van der Waals surface area contributed by atoms with Crippen LogP contribution in [-0.4, -0.2) is 96.7 Å². The number of phosphoric acid groups is 2. The van der Waals surface area contributed by atoms with Gasteiger partial charge in [0, 0.05) is 25.7 Å². The Kier molecular flexibility index (Phi) is 79.1. The maximum atomic E-state index is 13.2. The summed E-state index contributed by atoms with van der Waals surface area (Å²) < 4.78 is 69.1. The highest BCUT2D eigenvalue weighted by Gasteiger charge is 2.31. The number of esters is 4. The molecule has 0 aromatic rings. The standard InChI is InChI=1S/C92H180O17P2/c1-9-83(6)69-61-53-45-37-31-25-19-14-12-13-15-21-28-34-40-50-58-66-74-91(96)108-87(78-102-89(94)72-64-56-48-39-33-27-20-17-16-18-24-30-36-44-52-60-68-82(4)5)80-106-110(98,99)104-76-86(93)77-105-111(100,101)107-81-88(79-103-90(95)73-65-57-49-43-42-47-55-63-71-85(8)11-3)109-92(97)75-67-59-51-41-35-29-23-22-26-32-38-46-54-62-70-84(7)10-2/h82-88,93H,9-81H2,1-8H3,(H,98,99)(H,100,101)/t83?,84?,85?,86-,87-,88-/m1/s1. The number of ether oxygens (including phenoxy) is 4. The van der Waals surface area contributed by atoms with Gasteiger partial charge in [0.25, 0.3) is 0 Å². The first-order chi connectivity index (χ1) is 53.7.